The first-order valence-electron chi connectivity index (χ1n) is 9.02. The van der Waals surface area contributed by atoms with Crippen LogP contribution in [0.15, 0.2) is 81.7 Å². The number of hydrogen-bond acceptors (Lipinski definition) is 4. The number of halogens is 2. The molecule has 5 nitrogen and oxygen atoms in total. The van der Waals surface area contributed by atoms with E-state index in [0.717, 1.165) is 4.47 Å². The summed E-state index contributed by atoms with van der Waals surface area (Å²) in [5.41, 5.74) is 1.26. The second-order valence-corrected chi connectivity index (χ2v) is 7.73. The summed E-state index contributed by atoms with van der Waals surface area (Å²) in [7, 11) is 0. The highest BCUT2D eigenvalue weighted by atomic mass is 79.9. The van der Waals surface area contributed by atoms with Crippen LogP contribution in [0.3, 0.4) is 0 Å². The summed E-state index contributed by atoms with van der Waals surface area (Å²) in [4.78, 5) is 25.6. The lowest BCUT2D eigenvalue weighted by Gasteiger charge is -2.09. The molecule has 0 atom stereocenters. The fourth-order valence-electron chi connectivity index (χ4n) is 2.94. The van der Waals surface area contributed by atoms with Crippen LogP contribution >= 0.6 is 27.5 Å². The number of carbonyl (C=O) groups excluding carboxylic acids is 2. The Balaban J connectivity index is 1.61. The monoisotopic (exact) mass is 483 g/mol. The summed E-state index contributed by atoms with van der Waals surface area (Å²) in [5, 5.41) is 3.79. The minimum Gasteiger partial charge on any atom is -0.482 e. The number of ketones is 1. The zero-order chi connectivity index (χ0) is 21.1. The Bertz CT molecular complexity index is 1230. The molecule has 0 fully saturated rings. The van der Waals surface area contributed by atoms with Crippen LogP contribution < -0.4 is 10.1 Å². The molecule has 150 valence electrons. The minimum absolute atomic E-state index is 0.0598. The molecule has 1 N–H and O–H groups in total. The normalized spacial score (nSPS) is 10.7. The van der Waals surface area contributed by atoms with Gasteiger partial charge in [-0.2, -0.15) is 0 Å². The highest BCUT2D eigenvalue weighted by Crippen LogP contribution is 2.33. The molecule has 4 aromatic rings. The fraction of sp³-hybridized carbons (Fsp3) is 0.0435. The largest absolute Gasteiger partial charge is 0.482 e. The van der Waals surface area contributed by atoms with Crippen LogP contribution in [0, 0.1) is 0 Å². The molecule has 0 unspecified atom stereocenters. The zero-order valence-electron chi connectivity index (χ0n) is 15.5. The molecule has 1 heterocycles. The maximum absolute atomic E-state index is 13.0. The quantitative estimate of drug-likeness (QED) is 0.336. The predicted molar refractivity (Wildman–Crippen MR) is 119 cm³/mol. The van der Waals surface area contributed by atoms with Crippen LogP contribution in [-0.4, -0.2) is 18.3 Å². The topological polar surface area (TPSA) is 68.5 Å². The van der Waals surface area contributed by atoms with Crippen molar-refractivity contribution in [1.82, 2.24) is 0 Å². The van der Waals surface area contributed by atoms with Crippen molar-refractivity contribution in [2.24, 2.45) is 0 Å². The van der Waals surface area contributed by atoms with Crippen molar-refractivity contribution in [3.05, 3.63) is 93.6 Å². The molecule has 0 radical (unpaired) electrons. The van der Waals surface area contributed by atoms with Gasteiger partial charge in [0.2, 0.25) is 5.78 Å². The van der Waals surface area contributed by atoms with Gasteiger partial charge in [0.05, 0.1) is 10.7 Å². The summed E-state index contributed by atoms with van der Waals surface area (Å²) in [6.45, 7) is -0.269. The van der Waals surface area contributed by atoms with Crippen LogP contribution in [0.4, 0.5) is 5.69 Å². The van der Waals surface area contributed by atoms with E-state index in [4.69, 9.17) is 20.8 Å². The number of furan rings is 1. The molecule has 0 aliphatic rings. The van der Waals surface area contributed by atoms with Crippen LogP contribution in [0.5, 0.6) is 5.75 Å². The van der Waals surface area contributed by atoms with Crippen LogP contribution in [0.1, 0.15) is 16.1 Å². The Morgan fingerprint density at radius 1 is 0.967 bits per heavy atom. The number of rotatable bonds is 6. The lowest BCUT2D eigenvalue weighted by atomic mass is 10.1. The van der Waals surface area contributed by atoms with E-state index in [-0.39, 0.29) is 18.2 Å². The van der Waals surface area contributed by atoms with Gasteiger partial charge in [-0.15, -0.1) is 0 Å². The molecule has 0 aliphatic carbocycles. The van der Waals surface area contributed by atoms with E-state index in [9.17, 15) is 9.59 Å². The average molecular weight is 485 g/mol. The van der Waals surface area contributed by atoms with Crippen molar-refractivity contribution in [3.8, 4) is 5.75 Å². The summed E-state index contributed by atoms with van der Waals surface area (Å²) >= 11 is 9.41. The number of hydrogen-bond donors (Lipinski definition) is 1. The lowest BCUT2D eigenvalue weighted by molar-refractivity contribution is -0.118. The third-order valence-corrected chi connectivity index (χ3v) is 5.21. The van der Waals surface area contributed by atoms with Gasteiger partial charge in [-0.05, 0) is 48.5 Å². The second-order valence-electron chi connectivity index (χ2n) is 6.41. The third kappa shape index (κ3) is 4.25. The van der Waals surface area contributed by atoms with Gasteiger partial charge in [0.1, 0.15) is 11.3 Å². The summed E-state index contributed by atoms with van der Waals surface area (Å²) in [5.74, 6) is -0.311. The fourth-order valence-corrected chi connectivity index (χ4v) is 3.40. The van der Waals surface area contributed by atoms with Crippen LogP contribution in [0.25, 0.3) is 11.0 Å². The summed E-state index contributed by atoms with van der Waals surface area (Å²) in [6.07, 6.45) is 0. The molecule has 3 aromatic carbocycles. The molecule has 0 aliphatic heterocycles. The Morgan fingerprint density at radius 2 is 1.67 bits per heavy atom. The van der Waals surface area contributed by atoms with Crippen LogP contribution in [0.2, 0.25) is 5.02 Å². The van der Waals surface area contributed by atoms with E-state index in [1.165, 1.54) is 0 Å². The standard InChI is InChI=1S/C23H15BrClNO4/c24-15-11-9-14(10-12-15)22(28)23-21(16-5-1-3-7-18(16)30-23)26-20(27)13-29-19-8-4-2-6-17(19)25/h1-12H,13H2,(H,26,27). The van der Waals surface area contributed by atoms with E-state index in [1.54, 1.807) is 66.7 Å². The first kappa shape index (κ1) is 20.2. The highest BCUT2D eigenvalue weighted by molar-refractivity contribution is 9.10. The Morgan fingerprint density at radius 3 is 2.43 bits per heavy atom. The molecule has 7 heteroatoms. The van der Waals surface area contributed by atoms with Gasteiger partial charge in [-0.1, -0.05) is 51.8 Å². The number of fused-ring (bicyclic) bond motifs is 1. The number of nitrogens with one attached hydrogen (secondary N) is 1. The summed E-state index contributed by atoms with van der Waals surface area (Å²) < 4.78 is 12.1. The number of para-hydroxylation sites is 2. The first-order chi connectivity index (χ1) is 14.5. The molecular weight excluding hydrogens is 470 g/mol. The molecule has 1 aromatic heterocycles. The molecule has 0 bridgehead atoms. The molecule has 0 saturated heterocycles. The SMILES string of the molecule is O=C(COc1ccccc1Cl)Nc1c(C(=O)c2ccc(Br)cc2)oc2ccccc12. The number of ether oxygens (including phenoxy) is 1. The second kappa shape index (κ2) is 8.73. The third-order valence-electron chi connectivity index (χ3n) is 4.37. The summed E-state index contributed by atoms with van der Waals surface area (Å²) in [6, 6.07) is 20.9. The van der Waals surface area contributed by atoms with Gasteiger partial charge in [-0.3, -0.25) is 9.59 Å². The highest BCUT2D eigenvalue weighted by Gasteiger charge is 2.23. The van der Waals surface area contributed by atoms with Gasteiger partial charge < -0.3 is 14.5 Å². The predicted octanol–water partition coefficient (Wildman–Crippen LogP) is 6.10. The first-order valence-corrected chi connectivity index (χ1v) is 10.2. The Kier molecular flexibility index (Phi) is 5.88. The van der Waals surface area contributed by atoms with Crippen molar-refractivity contribution in [2.45, 2.75) is 0 Å². The van der Waals surface area contributed by atoms with E-state index in [0.29, 0.717) is 33.0 Å². The zero-order valence-corrected chi connectivity index (χ0v) is 17.9. The maximum atomic E-state index is 13.0. The number of amides is 1. The minimum atomic E-state index is -0.439. The van der Waals surface area contributed by atoms with Gasteiger partial charge in [0.15, 0.2) is 12.4 Å². The van der Waals surface area contributed by atoms with Gasteiger partial charge in [0.25, 0.3) is 5.91 Å². The molecular formula is C23H15BrClNO4. The number of benzene rings is 3. The Labute approximate surface area is 185 Å². The maximum Gasteiger partial charge on any atom is 0.262 e. The number of carbonyl (C=O) groups is 2. The van der Waals surface area contributed by atoms with Gasteiger partial charge >= 0.3 is 0 Å². The molecule has 0 spiro atoms. The lowest BCUT2D eigenvalue weighted by Crippen LogP contribution is -2.21. The van der Waals surface area contributed by atoms with Crippen molar-refractivity contribution in [3.63, 3.8) is 0 Å². The smallest absolute Gasteiger partial charge is 0.262 e. The van der Waals surface area contributed by atoms with Crippen molar-refractivity contribution < 1.29 is 18.7 Å². The van der Waals surface area contributed by atoms with Crippen molar-refractivity contribution in [2.75, 3.05) is 11.9 Å². The van der Waals surface area contributed by atoms with E-state index in [1.807, 2.05) is 6.07 Å². The van der Waals surface area contributed by atoms with E-state index < -0.39 is 5.91 Å². The molecule has 0 saturated carbocycles. The van der Waals surface area contributed by atoms with Gasteiger partial charge in [0, 0.05) is 15.4 Å². The Hall–Kier alpha value is -3.09. The molecule has 4 rings (SSSR count). The molecule has 1 amide bonds. The molecule has 30 heavy (non-hydrogen) atoms. The number of anilines is 1. The van der Waals surface area contributed by atoms with E-state index in [2.05, 4.69) is 21.2 Å². The average Bonchev–Trinajstić information content (AvgIpc) is 3.11. The van der Waals surface area contributed by atoms with E-state index >= 15 is 0 Å². The van der Waals surface area contributed by atoms with Crippen LogP contribution in [-0.2, 0) is 4.79 Å². The van der Waals surface area contributed by atoms with Crippen molar-refractivity contribution in [1.29, 1.82) is 0 Å². The van der Waals surface area contributed by atoms with Crippen molar-refractivity contribution >= 4 is 55.9 Å². The van der Waals surface area contributed by atoms with Gasteiger partial charge in [-0.25, -0.2) is 0 Å².